The third kappa shape index (κ3) is 3.24. The quantitative estimate of drug-likeness (QED) is 0.823. The molecule has 7 nitrogen and oxygen atoms in total. The fourth-order valence-corrected chi connectivity index (χ4v) is 2.97. The summed E-state index contributed by atoms with van der Waals surface area (Å²) >= 11 is 2.58. The summed E-state index contributed by atoms with van der Waals surface area (Å²) in [5.41, 5.74) is 7.97. The number of nitrogens with zero attached hydrogens (tertiary/aromatic N) is 4. The number of thioether (sulfide) groups is 1. The zero-order chi connectivity index (χ0) is 14.0. The molecule has 0 aromatic carbocycles. The van der Waals surface area contributed by atoms with Crippen molar-refractivity contribution < 1.29 is 4.79 Å². The van der Waals surface area contributed by atoms with Gasteiger partial charge in [-0.1, -0.05) is 23.1 Å². The van der Waals surface area contributed by atoms with Crippen molar-refractivity contribution in [1.29, 1.82) is 0 Å². The standard InChI is InChI=1S/C10H14N6OS2/c1-5-8(6(2)16(3)15-5)12-7(17)4-18-10-14-13-9(11)19-10/h4H2,1-3H3,(H2,11,13)(H,12,17). The third-order valence-electron chi connectivity index (χ3n) is 2.52. The summed E-state index contributed by atoms with van der Waals surface area (Å²) in [7, 11) is 1.84. The van der Waals surface area contributed by atoms with E-state index >= 15 is 0 Å². The predicted molar refractivity (Wildman–Crippen MR) is 76.4 cm³/mol. The van der Waals surface area contributed by atoms with Gasteiger partial charge in [0.15, 0.2) is 4.34 Å². The normalized spacial score (nSPS) is 10.7. The van der Waals surface area contributed by atoms with Gasteiger partial charge in [-0.15, -0.1) is 10.2 Å². The van der Waals surface area contributed by atoms with E-state index in [2.05, 4.69) is 20.6 Å². The molecule has 0 fully saturated rings. The average molecular weight is 298 g/mol. The minimum Gasteiger partial charge on any atom is -0.374 e. The highest BCUT2D eigenvalue weighted by Crippen LogP contribution is 2.24. The second-order valence-electron chi connectivity index (χ2n) is 3.91. The van der Waals surface area contributed by atoms with E-state index in [9.17, 15) is 4.79 Å². The van der Waals surface area contributed by atoms with Gasteiger partial charge in [-0.05, 0) is 13.8 Å². The molecule has 0 spiro atoms. The van der Waals surface area contributed by atoms with Crippen molar-refractivity contribution in [3.8, 4) is 0 Å². The van der Waals surface area contributed by atoms with Gasteiger partial charge in [0.05, 0.1) is 22.8 Å². The van der Waals surface area contributed by atoms with Crippen LogP contribution in [0.3, 0.4) is 0 Å². The Morgan fingerprint density at radius 1 is 1.47 bits per heavy atom. The summed E-state index contributed by atoms with van der Waals surface area (Å²) in [6, 6.07) is 0. The summed E-state index contributed by atoms with van der Waals surface area (Å²) in [6.45, 7) is 3.77. The number of hydrogen-bond donors (Lipinski definition) is 2. The maximum atomic E-state index is 11.9. The Morgan fingerprint density at radius 3 is 2.74 bits per heavy atom. The molecule has 102 valence electrons. The summed E-state index contributed by atoms with van der Waals surface area (Å²) in [5.74, 6) is 0.167. The van der Waals surface area contributed by atoms with E-state index in [1.54, 1.807) is 4.68 Å². The van der Waals surface area contributed by atoms with Crippen molar-refractivity contribution in [3.63, 3.8) is 0 Å². The minimum absolute atomic E-state index is 0.0991. The van der Waals surface area contributed by atoms with Crippen molar-refractivity contribution in [2.75, 3.05) is 16.8 Å². The molecule has 0 aliphatic rings. The molecule has 2 heterocycles. The molecular weight excluding hydrogens is 284 g/mol. The van der Waals surface area contributed by atoms with Crippen LogP contribution in [-0.2, 0) is 11.8 Å². The van der Waals surface area contributed by atoms with Crippen molar-refractivity contribution in [2.45, 2.75) is 18.2 Å². The molecule has 0 radical (unpaired) electrons. The zero-order valence-electron chi connectivity index (χ0n) is 10.8. The number of carbonyl (C=O) groups excluding carboxylic acids is 1. The van der Waals surface area contributed by atoms with Gasteiger partial charge in [0.1, 0.15) is 0 Å². The topological polar surface area (TPSA) is 98.7 Å². The van der Waals surface area contributed by atoms with Crippen LogP contribution in [0, 0.1) is 13.8 Å². The summed E-state index contributed by atoms with van der Waals surface area (Å²) in [6.07, 6.45) is 0. The lowest BCUT2D eigenvalue weighted by atomic mass is 10.3. The Kier molecular flexibility index (Phi) is 4.05. The number of hydrogen-bond acceptors (Lipinski definition) is 7. The first-order valence-electron chi connectivity index (χ1n) is 5.49. The molecule has 0 aliphatic heterocycles. The number of anilines is 2. The van der Waals surface area contributed by atoms with Crippen LogP contribution < -0.4 is 11.1 Å². The van der Waals surface area contributed by atoms with Crippen molar-refractivity contribution in [3.05, 3.63) is 11.4 Å². The Hall–Kier alpha value is -1.61. The molecule has 0 aliphatic carbocycles. The number of rotatable bonds is 4. The first kappa shape index (κ1) is 13.8. The maximum absolute atomic E-state index is 11.9. The average Bonchev–Trinajstić information content (AvgIpc) is 2.86. The fraction of sp³-hybridized carbons (Fsp3) is 0.400. The van der Waals surface area contributed by atoms with Crippen molar-refractivity contribution >= 4 is 39.8 Å². The van der Waals surface area contributed by atoms with E-state index in [0.717, 1.165) is 17.1 Å². The van der Waals surface area contributed by atoms with Crippen LogP contribution in [0.15, 0.2) is 4.34 Å². The molecule has 1 amide bonds. The number of carbonyl (C=O) groups is 1. The van der Waals surface area contributed by atoms with Gasteiger partial charge in [0, 0.05) is 7.05 Å². The van der Waals surface area contributed by atoms with Crippen LogP contribution in [0.5, 0.6) is 0 Å². The van der Waals surface area contributed by atoms with Crippen molar-refractivity contribution in [1.82, 2.24) is 20.0 Å². The summed E-state index contributed by atoms with van der Waals surface area (Å²) in [4.78, 5) is 11.9. The van der Waals surface area contributed by atoms with Gasteiger partial charge in [-0.2, -0.15) is 5.10 Å². The zero-order valence-corrected chi connectivity index (χ0v) is 12.4. The third-order valence-corrected chi connectivity index (χ3v) is 4.41. The molecule has 19 heavy (non-hydrogen) atoms. The van der Waals surface area contributed by atoms with Gasteiger partial charge >= 0.3 is 0 Å². The molecule has 2 rings (SSSR count). The van der Waals surface area contributed by atoms with Gasteiger partial charge in [0.2, 0.25) is 11.0 Å². The maximum Gasteiger partial charge on any atom is 0.234 e. The lowest BCUT2D eigenvalue weighted by molar-refractivity contribution is -0.113. The lowest BCUT2D eigenvalue weighted by Crippen LogP contribution is -2.15. The van der Waals surface area contributed by atoms with Crippen LogP contribution >= 0.6 is 23.1 Å². The van der Waals surface area contributed by atoms with E-state index in [1.165, 1.54) is 23.1 Å². The Bertz CT molecular complexity index is 605. The Morgan fingerprint density at radius 2 is 2.21 bits per heavy atom. The number of aryl methyl sites for hydroxylation is 2. The molecule has 2 aromatic heterocycles. The monoisotopic (exact) mass is 298 g/mol. The molecule has 9 heteroatoms. The van der Waals surface area contributed by atoms with Crippen LogP contribution in [-0.4, -0.2) is 31.6 Å². The van der Waals surface area contributed by atoms with Gasteiger partial charge in [0.25, 0.3) is 0 Å². The summed E-state index contributed by atoms with van der Waals surface area (Å²) < 4.78 is 2.43. The van der Waals surface area contributed by atoms with Crippen molar-refractivity contribution in [2.24, 2.45) is 7.05 Å². The first-order valence-corrected chi connectivity index (χ1v) is 7.29. The molecule has 0 saturated carbocycles. The number of amides is 1. The molecular formula is C10H14N6OS2. The fourth-order valence-electron chi connectivity index (χ4n) is 1.54. The van der Waals surface area contributed by atoms with Gasteiger partial charge in [-0.3, -0.25) is 9.48 Å². The minimum atomic E-state index is -0.0991. The molecule has 0 unspecified atom stereocenters. The van der Waals surface area contributed by atoms with Crippen LogP contribution in [0.1, 0.15) is 11.4 Å². The van der Waals surface area contributed by atoms with E-state index in [0.29, 0.717) is 9.47 Å². The number of nitrogens with two attached hydrogens (primary N) is 1. The van der Waals surface area contributed by atoms with Crippen LogP contribution in [0.2, 0.25) is 0 Å². The largest absolute Gasteiger partial charge is 0.374 e. The number of aromatic nitrogens is 4. The second kappa shape index (κ2) is 5.57. The Balaban J connectivity index is 1.94. The molecule has 0 saturated heterocycles. The highest BCUT2D eigenvalue weighted by atomic mass is 32.2. The molecule has 0 bridgehead atoms. The predicted octanol–water partition coefficient (Wildman–Crippen LogP) is 1.20. The molecule has 0 atom stereocenters. The highest BCUT2D eigenvalue weighted by molar-refractivity contribution is 8.01. The summed E-state index contributed by atoms with van der Waals surface area (Å²) in [5, 5.41) is 15.0. The highest BCUT2D eigenvalue weighted by Gasteiger charge is 2.13. The first-order chi connectivity index (χ1) is 8.97. The van der Waals surface area contributed by atoms with Crippen LogP contribution in [0.4, 0.5) is 10.8 Å². The smallest absolute Gasteiger partial charge is 0.234 e. The molecule has 3 N–H and O–H groups in total. The van der Waals surface area contributed by atoms with E-state index in [1.807, 2.05) is 20.9 Å². The number of nitrogens with one attached hydrogen (secondary N) is 1. The lowest BCUT2D eigenvalue weighted by Gasteiger charge is -2.04. The van der Waals surface area contributed by atoms with Gasteiger partial charge in [-0.25, -0.2) is 0 Å². The van der Waals surface area contributed by atoms with E-state index in [4.69, 9.17) is 5.73 Å². The molecule has 2 aromatic rings. The SMILES string of the molecule is Cc1nn(C)c(C)c1NC(=O)CSc1nnc(N)s1. The van der Waals surface area contributed by atoms with E-state index in [-0.39, 0.29) is 11.7 Å². The van der Waals surface area contributed by atoms with E-state index < -0.39 is 0 Å². The Labute approximate surface area is 118 Å². The van der Waals surface area contributed by atoms with Crippen LogP contribution in [0.25, 0.3) is 0 Å². The number of nitrogen functional groups attached to an aromatic ring is 1. The van der Waals surface area contributed by atoms with Gasteiger partial charge < -0.3 is 11.1 Å². The second-order valence-corrected chi connectivity index (χ2v) is 6.14.